The highest BCUT2D eigenvalue weighted by atomic mass is 19.1. The smallest absolute Gasteiger partial charge is 0.127 e. The molecule has 1 N–H and O–H groups in total. The monoisotopic (exact) mass is 249 g/mol. The lowest BCUT2D eigenvalue weighted by molar-refractivity contribution is 0.294. The van der Waals surface area contributed by atoms with Crippen LogP contribution >= 0.6 is 0 Å². The predicted molar refractivity (Wildman–Crippen MR) is 74.0 cm³/mol. The van der Waals surface area contributed by atoms with Gasteiger partial charge in [0.05, 0.1) is 0 Å². The molecule has 0 aromatic heterocycles. The summed E-state index contributed by atoms with van der Waals surface area (Å²) in [5.74, 6) is 0.506. The van der Waals surface area contributed by atoms with Gasteiger partial charge in [-0.25, -0.2) is 4.39 Å². The zero-order valence-corrected chi connectivity index (χ0v) is 11.3. The summed E-state index contributed by atoms with van der Waals surface area (Å²) in [6.45, 7) is 0. The average Bonchev–Trinajstić information content (AvgIpc) is 2.34. The highest BCUT2D eigenvalue weighted by molar-refractivity contribution is 5.22. The van der Waals surface area contributed by atoms with Gasteiger partial charge in [0, 0.05) is 11.6 Å². The summed E-state index contributed by atoms with van der Waals surface area (Å²) in [6.07, 6.45) is 9.07. The summed E-state index contributed by atoms with van der Waals surface area (Å²) in [7, 11) is 1.95. The Labute approximate surface area is 110 Å². The molecule has 1 fully saturated rings. The van der Waals surface area contributed by atoms with Crippen molar-refractivity contribution in [2.75, 3.05) is 7.05 Å². The van der Waals surface area contributed by atoms with Gasteiger partial charge < -0.3 is 5.32 Å². The molecule has 1 aliphatic carbocycles. The van der Waals surface area contributed by atoms with Gasteiger partial charge in [0.1, 0.15) is 5.82 Å². The van der Waals surface area contributed by atoms with Gasteiger partial charge in [-0.15, -0.1) is 0 Å². The van der Waals surface area contributed by atoms with Gasteiger partial charge >= 0.3 is 0 Å². The molecular weight excluding hydrogens is 225 g/mol. The van der Waals surface area contributed by atoms with Crippen molar-refractivity contribution in [1.82, 2.24) is 5.32 Å². The first-order valence-electron chi connectivity index (χ1n) is 7.24. The van der Waals surface area contributed by atoms with E-state index in [4.69, 9.17) is 0 Å². The lowest BCUT2D eigenvalue weighted by Crippen LogP contribution is -2.26. The summed E-state index contributed by atoms with van der Waals surface area (Å²) in [4.78, 5) is 0. The summed E-state index contributed by atoms with van der Waals surface area (Å²) < 4.78 is 13.9. The van der Waals surface area contributed by atoms with E-state index < -0.39 is 0 Å². The molecule has 1 aliphatic rings. The van der Waals surface area contributed by atoms with Gasteiger partial charge in [0.25, 0.3) is 0 Å². The average molecular weight is 249 g/mol. The fraction of sp³-hybridized carbons (Fsp3) is 0.625. The first-order valence-corrected chi connectivity index (χ1v) is 7.24. The quantitative estimate of drug-likeness (QED) is 0.834. The molecule has 0 aliphatic heterocycles. The second-order valence-corrected chi connectivity index (χ2v) is 5.39. The molecule has 0 spiro atoms. The molecule has 0 saturated heterocycles. The maximum atomic E-state index is 13.9. The van der Waals surface area contributed by atoms with Crippen LogP contribution in [0.5, 0.6) is 0 Å². The van der Waals surface area contributed by atoms with Gasteiger partial charge in [-0.3, -0.25) is 0 Å². The van der Waals surface area contributed by atoms with Gasteiger partial charge in [-0.1, -0.05) is 50.3 Å². The van der Waals surface area contributed by atoms with Gasteiger partial charge in [0.15, 0.2) is 0 Å². The van der Waals surface area contributed by atoms with Crippen LogP contribution in [0.4, 0.5) is 4.39 Å². The van der Waals surface area contributed by atoms with Crippen molar-refractivity contribution in [1.29, 1.82) is 0 Å². The minimum absolute atomic E-state index is 0.0705. The molecule has 0 radical (unpaired) electrons. The maximum absolute atomic E-state index is 13.9. The minimum Gasteiger partial charge on any atom is -0.313 e. The molecule has 1 saturated carbocycles. The first-order chi connectivity index (χ1) is 8.83. The Hall–Kier alpha value is -0.890. The number of halogens is 1. The van der Waals surface area contributed by atoms with Gasteiger partial charge in [-0.2, -0.15) is 0 Å². The Morgan fingerprint density at radius 1 is 1.06 bits per heavy atom. The molecule has 2 rings (SSSR count). The Morgan fingerprint density at radius 3 is 2.28 bits per heavy atom. The molecule has 1 atom stereocenters. The summed E-state index contributed by atoms with van der Waals surface area (Å²) in [5, 5.41) is 3.34. The van der Waals surface area contributed by atoms with Gasteiger partial charge in [0.2, 0.25) is 0 Å². The molecule has 1 unspecified atom stereocenters. The van der Waals surface area contributed by atoms with Crippen LogP contribution in [0, 0.1) is 11.7 Å². The highest BCUT2D eigenvalue weighted by Crippen LogP contribution is 2.33. The zero-order valence-electron chi connectivity index (χ0n) is 11.3. The number of hydrogen-bond donors (Lipinski definition) is 1. The molecule has 0 heterocycles. The number of benzene rings is 1. The van der Waals surface area contributed by atoms with E-state index in [1.807, 2.05) is 19.2 Å². The van der Waals surface area contributed by atoms with Crippen LogP contribution in [-0.2, 0) is 0 Å². The Balaban J connectivity index is 2.13. The topological polar surface area (TPSA) is 12.0 Å². The number of rotatable bonds is 3. The van der Waals surface area contributed by atoms with Crippen molar-refractivity contribution >= 4 is 0 Å². The number of nitrogens with one attached hydrogen (secondary N) is 1. The van der Waals surface area contributed by atoms with Crippen molar-refractivity contribution < 1.29 is 4.39 Å². The van der Waals surface area contributed by atoms with E-state index in [0.29, 0.717) is 5.92 Å². The third-order valence-corrected chi connectivity index (χ3v) is 4.17. The molecule has 1 nitrogen and oxygen atoms in total. The number of hydrogen-bond acceptors (Lipinski definition) is 1. The van der Waals surface area contributed by atoms with E-state index in [0.717, 1.165) is 5.56 Å². The molecule has 1 aromatic carbocycles. The lowest BCUT2D eigenvalue weighted by Gasteiger charge is -2.29. The first kappa shape index (κ1) is 13.5. The third kappa shape index (κ3) is 3.32. The van der Waals surface area contributed by atoms with Crippen molar-refractivity contribution in [2.45, 2.75) is 51.0 Å². The van der Waals surface area contributed by atoms with E-state index in [1.54, 1.807) is 12.1 Å². The Bertz CT molecular complexity index is 356. The van der Waals surface area contributed by atoms with Crippen LogP contribution in [0.1, 0.15) is 56.6 Å². The molecule has 18 heavy (non-hydrogen) atoms. The third-order valence-electron chi connectivity index (χ3n) is 4.17. The molecular formula is C16H24FN. The van der Waals surface area contributed by atoms with Crippen LogP contribution in [0.2, 0.25) is 0 Å². The van der Waals surface area contributed by atoms with Crippen LogP contribution < -0.4 is 5.32 Å². The van der Waals surface area contributed by atoms with E-state index >= 15 is 0 Å². The second kappa shape index (κ2) is 6.89. The van der Waals surface area contributed by atoms with E-state index in [-0.39, 0.29) is 11.9 Å². The van der Waals surface area contributed by atoms with E-state index in [1.165, 1.54) is 44.9 Å². The van der Waals surface area contributed by atoms with Gasteiger partial charge in [-0.05, 0) is 31.9 Å². The molecule has 100 valence electrons. The normalized spacial score (nSPS) is 20.1. The second-order valence-electron chi connectivity index (χ2n) is 5.39. The van der Waals surface area contributed by atoms with Crippen molar-refractivity contribution in [3.63, 3.8) is 0 Å². The van der Waals surface area contributed by atoms with Crippen molar-refractivity contribution in [3.8, 4) is 0 Å². The van der Waals surface area contributed by atoms with Crippen molar-refractivity contribution in [3.05, 3.63) is 35.6 Å². The van der Waals surface area contributed by atoms with Crippen LogP contribution in [-0.4, -0.2) is 7.05 Å². The van der Waals surface area contributed by atoms with Crippen LogP contribution in [0.15, 0.2) is 24.3 Å². The Kier molecular flexibility index (Phi) is 5.18. The molecule has 0 amide bonds. The molecule has 2 heteroatoms. The lowest BCUT2D eigenvalue weighted by atomic mass is 9.83. The van der Waals surface area contributed by atoms with Crippen LogP contribution in [0.3, 0.4) is 0 Å². The fourth-order valence-electron chi connectivity index (χ4n) is 3.19. The SMILES string of the molecule is CNC(c1ccccc1F)C1CCCCCCC1. The summed E-state index contributed by atoms with van der Waals surface area (Å²) >= 11 is 0. The highest BCUT2D eigenvalue weighted by Gasteiger charge is 2.24. The van der Waals surface area contributed by atoms with E-state index in [2.05, 4.69) is 5.32 Å². The predicted octanol–water partition coefficient (Wildman–Crippen LogP) is 4.45. The standard InChI is InChI=1S/C16H24FN/c1-18-16(14-11-7-8-12-15(14)17)13-9-5-3-2-4-6-10-13/h7-8,11-13,16,18H,2-6,9-10H2,1H3. The largest absolute Gasteiger partial charge is 0.313 e. The molecule has 0 bridgehead atoms. The summed E-state index contributed by atoms with van der Waals surface area (Å²) in [6, 6.07) is 7.37. The zero-order chi connectivity index (χ0) is 12.8. The molecule has 1 aromatic rings. The fourth-order valence-corrected chi connectivity index (χ4v) is 3.19. The Morgan fingerprint density at radius 2 is 1.67 bits per heavy atom. The summed E-state index contributed by atoms with van der Waals surface area (Å²) in [5.41, 5.74) is 0.838. The maximum Gasteiger partial charge on any atom is 0.127 e. The van der Waals surface area contributed by atoms with Crippen molar-refractivity contribution in [2.24, 2.45) is 5.92 Å². The van der Waals surface area contributed by atoms with E-state index in [9.17, 15) is 4.39 Å². The van der Waals surface area contributed by atoms with Crippen LogP contribution in [0.25, 0.3) is 0 Å². The minimum atomic E-state index is -0.0705.